The molecule has 16 heavy (non-hydrogen) atoms. The van der Waals surface area contributed by atoms with Crippen molar-refractivity contribution in [2.45, 2.75) is 17.7 Å². The number of rotatable bonds is 1. The number of halogens is 1. The minimum Gasteiger partial charge on any atom is -0.294 e. The van der Waals surface area contributed by atoms with E-state index in [1.54, 1.807) is 18.5 Å². The first-order valence-corrected chi connectivity index (χ1v) is 6.34. The third-order valence-corrected chi connectivity index (χ3v) is 3.93. The van der Waals surface area contributed by atoms with Crippen LogP contribution in [0.1, 0.15) is 22.3 Å². The summed E-state index contributed by atoms with van der Waals surface area (Å²) in [6, 6.07) is 2.91. The predicted octanol–water partition coefficient (Wildman–Crippen LogP) is 2.23. The second kappa shape index (κ2) is 4.14. The summed E-state index contributed by atoms with van der Waals surface area (Å²) in [5.41, 5.74) is 0.930. The lowest BCUT2D eigenvalue weighted by Crippen LogP contribution is -2.02. The number of carbonyl (C=O) groups is 1. The highest BCUT2D eigenvalue weighted by Gasteiger charge is 2.26. The molecule has 1 aromatic carbocycles. The van der Waals surface area contributed by atoms with Crippen molar-refractivity contribution in [3.05, 3.63) is 29.1 Å². The van der Waals surface area contributed by atoms with Crippen molar-refractivity contribution in [2.75, 3.05) is 6.26 Å². The van der Waals surface area contributed by atoms with Crippen molar-refractivity contribution in [3.8, 4) is 6.19 Å². The largest absolute Gasteiger partial charge is 0.294 e. The van der Waals surface area contributed by atoms with Crippen LogP contribution in [-0.2, 0) is 17.1 Å². The van der Waals surface area contributed by atoms with Crippen LogP contribution < -0.4 is 0 Å². The molecule has 0 radical (unpaired) electrons. The van der Waals surface area contributed by atoms with Crippen LogP contribution in [-0.4, -0.2) is 12.0 Å². The number of ketones is 1. The summed E-state index contributed by atoms with van der Waals surface area (Å²) in [7, 11) is -0.668. The molecule has 3 nitrogen and oxygen atoms in total. The zero-order valence-corrected chi connectivity index (χ0v) is 9.47. The Balaban J connectivity index is 2.67. The first-order valence-electron chi connectivity index (χ1n) is 4.75. The van der Waals surface area contributed by atoms with Crippen molar-refractivity contribution in [3.63, 3.8) is 0 Å². The maximum atomic E-state index is 13.4. The molecule has 0 fully saturated rings. The van der Waals surface area contributed by atoms with Gasteiger partial charge in [0.15, 0.2) is 5.78 Å². The van der Waals surface area contributed by atoms with E-state index in [0.717, 1.165) is 0 Å². The van der Waals surface area contributed by atoms with Crippen LogP contribution >= 0.6 is 0 Å². The first-order chi connectivity index (χ1) is 7.65. The standard InChI is InChI=1S/C11H9FN2OS/c1-16(14-6-13)10-5-3-8(12)7-2-4-9(15)11(7)10/h3,5H,2,4H2,1H3. The molecule has 0 saturated heterocycles. The van der Waals surface area contributed by atoms with Crippen LogP contribution in [0.15, 0.2) is 21.4 Å². The lowest BCUT2D eigenvalue weighted by Gasteiger charge is -2.07. The minimum absolute atomic E-state index is 0.0445. The highest BCUT2D eigenvalue weighted by atomic mass is 32.2. The lowest BCUT2D eigenvalue weighted by atomic mass is 10.1. The van der Waals surface area contributed by atoms with Gasteiger partial charge in [-0.3, -0.25) is 4.79 Å². The number of carbonyl (C=O) groups excluding carboxylic acids is 1. The Morgan fingerprint density at radius 2 is 2.25 bits per heavy atom. The zero-order valence-electron chi connectivity index (χ0n) is 8.66. The average molecular weight is 236 g/mol. The van der Waals surface area contributed by atoms with E-state index >= 15 is 0 Å². The van der Waals surface area contributed by atoms with Crippen LogP contribution in [0.3, 0.4) is 0 Å². The van der Waals surface area contributed by atoms with E-state index in [1.165, 1.54) is 6.07 Å². The van der Waals surface area contributed by atoms with Gasteiger partial charge in [0.25, 0.3) is 0 Å². The summed E-state index contributed by atoms with van der Waals surface area (Å²) >= 11 is 0. The van der Waals surface area contributed by atoms with Crippen molar-refractivity contribution < 1.29 is 9.18 Å². The zero-order chi connectivity index (χ0) is 11.7. The summed E-state index contributed by atoms with van der Waals surface area (Å²) < 4.78 is 17.1. The number of hydrogen-bond acceptors (Lipinski definition) is 3. The highest BCUT2D eigenvalue weighted by Crippen LogP contribution is 2.29. The second-order valence-electron chi connectivity index (χ2n) is 3.49. The van der Waals surface area contributed by atoms with Crippen molar-refractivity contribution >= 4 is 16.5 Å². The molecule has 82 valence electrons. The van der Waals surface area contributed by atoms with Gasteiger partial charge >= 0.3 is 0 Å². The quantitative estimate of drug-likeness (QED) is 0.702. The fourth-order valence-electron chi connectivity index (χ4n) is 1.87. The molecule has 1 unspecified atom stereocenters. The van der Waals surface area contributed by atoms with Gasteiger partial charge in [0.1, 0.15) is 5.82 Å². The molecular formula is C11H9FN2OS. The third-order valence-electron chi connectivity index (χ3n) is 2.59. The molecule has 0 bridgehead atoms. The summed E-state index contributed by atoms with van der Waals surface area (Å²) in [5.74, 6) is -0.379. The Kier molecular flexibility index (Phi) is 2.84. The SMILES string of the molecule is C/S(=N/C#N)c1ccc(F)c2c1C(=O)CC2. The molecule has 1 aromatic rings. The molecule has 0 spiro atoms. The van der Waals surface area contributed by atoms with Crippen LogP contribution in [0.5, 0.6) is 0 Å². The van der Waals surface area contributed by atoms with E-state index in [0.29, 0.717) is 28.9 Å². The Bertz CT molecular complexity index is 546. The molecule has 0 amide bonds. The van der Waals surface area contributed by atoms with Gasteiger partial charge in [-0.05, 0) is 24.8 Å². The van der Waals surface area contributed by atoms with Gasteiger partial charge in [0.05, 0.1) is 0 Å². The molecule has 1 aliphatic carbocycles. The van der Waals surface area contributed by atoms with Gasteiger partial charge < -0.3 is 0 Å². The van der Waals surface area contributed by atoms with E-state index in [-0.39, 0.29) is 11.6 Å². The molecule has 1 atom stereocenters. The van der Waals surface area contributed by atoms with Gasteiger partial charge in [-0.25, -0.2) is 4.39 Å². The number of nitriles is 1. The van der Waals surface area contributed by atoms with Crippen molar-refractivity contribution in [2.24, 2.45) is 4.36 Å². The second-order valence-corrected chi connectivity index (χ2v) is 5.07. The summed E-state index contributed by atoms with van der Waals surface area (Å²) in [6.07, 6.45) is 4.28. The maximum Gasteiger partial charge on any atom is 0.212 e. The van der Waals surface area contributed by atoms with E-state index < -0.39 is 10.7 Å². The molecule has 5 heteroatoms. The van der Waals surface area contributed by atoms with Gasteiger partial charge in [0.2, 0.25) is 6.19 Å². The predicted molar refractivity (Wildman–Crippen MR) is 58.6 cm³/mol. The van der Waals surface area contributed by atoms with Gasteiger partial charge in [-0.15, -0.1) is 4.36 Å². The smallest absolute Gasteiger partial charge is 0.212 e. The molecule has 0 N–H and O–H groups in total. The lowest BCUT2D eigenvalue weighted by molar-refractivity contribution is 0.0992. The first kappa shape index (κ1) is 11.0. The molecule has 2 rings (SSSR count). The van der Waals surface area contributed by atoms with Gasteiger partial charge in [-0.2, -0.15) is 5.26 Å². The van der Waals surface area contributed by atoms with E-state index in [9.17, 15) is 9.18 Å². The number of nitrogens with zero attached hydrogens (tertiary/aromatic N) is 2. The Labute approximate surface area is 95.0 Å². The number of benzene rings is 1. The molecule has 1 aliphatic rings. The molecule has 0 aromatic heterocycles. The van der Waals surface area contributed by atoms with Crippen molar-refractivity contribution in [1.29, 1.82) is 5.26 Å². The van der Waals surface area contributed by atoms with E-state index in [1.807, 2.05) is 0 Å². The molecule has 0 heterocycles. The molecule has 0 saturated carbocycles. The Morgan fingerprint density at radius 1 is 1.50 bits per heavy atom. The van der Waals surface area contributed by atoms with Gasteiger partial charge in [0, 0.05) is 22.4 Å². The van der Waals surface area contributed by atoms with E-state index in [2.05, 4.69) is 4.36 Å². The fraction of sp³-hybridized carbons (Fsp3) is 0.273. The topological polar surface area (TPSA) is 53.2 Å². The average Bonchev–Trinajstić information content (AvgIpc) is 2.63. The summed E-state index contributed by atoms with van der Waals surface area (Å²) in [5, 5.41) is 8.50. The molecular weight excluding hydrogens is 227 g/mol. The minimum atomic E-state index is -0.668. The Morgan fingerprint density at radius 3 is 2.94 bits per heavy atom. The van der Waals surface area contributed by atoms with Crippen LogP contribution in [0.2, 0.25) is 0 Å². The molecule has 0 aliphatic heterocycles. The van der Waals surface area contributed by atoms with Crippen LogP contribution in [0, 0.1) is 17.3 Å². The normalized spacial score (nSPS) is 15.9. The maximum absolute atomic E-state index is 13.4. The summed E-state index contributed by atoms with van der Waals surface area (Å²) in [6.45, 7) is 0. The number of fused-ring (bicyclic) bond motifs is 1. The van der Waals surface area contributed by atoms with Gasteiger partial charge in [-0.1, -0.05) is 10.7 Å². The highest BCUT2D eigenvalue weighted by molar-refractivity contribution is 7.86. The number of hydrogen-bond donors (Lipinski definition) is 0. The monoisotopic (exact) mass is 236 g/mol. The van der Waals surface area contributed by atoms with Crippen molar-refractivity contribution in [1.82, 2.24) is 0 Å². The van der Waals surface area contributed by atoms with Crippen LogP contribution in [0.25, 0.3) is 0 Å². The summed E-state index contributed by atoms with van der Waals surface area (Å²) in [4.78, 5) is 12.3. The fourth-order valence-corrected chi connectivity index (χ4v) is 2.89. The van der Waals surface area contributed by atoms with E-state index in [4.69, 9.17) is 5.26 Å². The van der Waals surface area contributed by atoms with Crippen LogP contribution in [0.4, 0.5) is 4.39 Å². The number of Topliss-reactive ketones (excluding diaryl/α,β-unsaturated/α-hetero) is 1. The Hall–Kier alpha value is -1.54. The third kappa shape index (κ3) is 1.65.